The summed E-state index contributed by atoms with van der Waals surface area (Å²) in [7, 11) is 0. The van der Waals surface area contributed by atoms with E-state index in [1.807, 2.05) is 6.92 Å². The van der Waals surface area contributed by atoms with Crippen molar-refractivity contribution in [1.82, 2.24) is 0 Å². The van der Waals surface area contributed by atoms with E-state index in [9.17, 15) is 14.4 Å². The van der Waals surface area contributed by atoms with E-state index in [2.05, 4.69) is 5.32 Å². The summed E-state index contributed by atoms with van der Waals surface area (Å²) >= 11 is 0. The van der Waals surface area contributed by atoms with Crippen LogP contribution in [0.25, 0.3) is 11.0 Å². The summed E-state index contributed by atoms with van der Waals surface area (Å²) in [5.41, 5.74) is 1.24. The molecule has 0 radical (unpaired) electrons. The smallest absolute Gasteiger partial charge is 0.344 e. The van der Waals surface area contributed by atoms with Gasteiger partial charge in [0.25, 0.3) is 5.91 Å². The Kier molecular flexibility index (Phi) is 6.69. The average molecular weight is 411 g/mol. The van der Waals surface area contributed by atoms with Crippen LogP contribution in [0.1, 0.15) is 12.5 Å². The molecule has 0 saturated heterocycles. The van der Waals surface area contributed by atoms with E-state index >= 15 is 0 Å². The molecule has 2 aromatic carbocycles. The molecule has 8 nitrogen and oxygen atoms in total. The second-order valence-electron chi connectivity index (χ2n) is 6.36. The first-order valence-electron chi connectivity index (χ1n) is 9.30. The van der Waals surface area contributed by atoms with Crippen LogP contribution < -0.4 is 20.4 Å². The predicted octanol–water partition coefficient (Wildman–Crippen LogP) is 3.06. The van der Waals surface area contributed by atoms with Gasteiger partial charge in [0.2, 0.25) is 0 Å². The molecule has 0 aliphatic carbocycles. The third-order valence-electron chi connectivity index (χ3n) is 4.09. The number of carbonyl (C=O) groups excluding carboxylic acids is 2. The number of amides is 1. The Balaban J connectivity index is 1.47. The van der Waals surface area contributed by atoms with Gasteiger partial charge in [0.1, 0.15) is 17.1 Å². The van der Waals surface area contributed by atoms with E-state index in [0.29, 0.717) is 29.4 Å². The van der Waals surface area contributed by atoms with Gasteiger partial charge in [-0.1, -0.05) is 0 Å². The molecule has 0 saturated carbocycles. The maximum Gasteiger partial charge on any atom is 0.344 e. The minimum atomic E-state index is -0.706. The highest BCUT2D eigenvalue weighted by Crippen LogP contribution is 2.22. The largest absolute Gasteiger partial charge is 0.494 e. The Morgan fingerprint density at radius 3 is 2.43 bits per heavy atom. The van der Waals surface area contributed by atoms with Gasteiger partial charge in [0, 0.05) is 23.2 Å². The fraction of sp³-hybridized carbons (Fsp3) is 0.227. The van der Waals surface area contributed by atoms with Crippen molar-refractivity contribution in [3.8, 4) is 11.5 Å². The summed E-state index contributed by atoms with van der Waals surface area (Å²) in [5, 5.41) is 3.39. The van der Waals surface area contributed by atoms with Gasteiger partial charge in [-0.15, -0.1) is 0 Å². The number of carbonyl (C=O) groups is 2. The molecular weight excluding hydrogens is 390 g/mol. The molecule has 1 heterocycles. The molecule has 156 valence electrons. The van der Waals surface area contributed by atoms with Gasteiger partial charge in [-0.2, -0.15) is 0 Å². The number of fused-ring (bicyclic) bond motifs is 1. The van der Waals surface area contributed by atoms with Gasteiger partial charge in [0.05, 0.1) is 6.61 Å². The lowest BCUT2D eigenvalue weighted by atomic mass is 10.1. The molecule has 0 spiro atoms. The first-order chi connectivity index (χ1) is 14.4. The Bertz CT molecular complexity index is 1100. The van der Waals surface area contributed by atoms with E-state index in [4.69, 9.17) is 18.6 Å². The Labute approximate surface area is 172 Å². The monoisotopic (exact) mass is 411 g/mol. The molecule has 0 atom stereocenters. The number of esters is 1. The number of benzene rings is 2. The topological polar surface area (TPSA) is 104 Å². The molecule has 0 fully saturated rings. The highest BCUT2D eigenvalue weighted by molar-refractivity contribution is 5.92. The second-order valence-corrected chi connectivity index (χ2v) is 6.36. The molecule has 0 aliphatic rings. The molecule has 0 bridgehead atoms. The minimum Gasteiger partial charge on any atom is -0.494 e. The first kappa shape index (κ1) is 20.9. The summed E-state index contributed by atoms with van der Waals surface area (Å²) in [6, 6.07) is 13.1. The number of aryl methyl sites for hydroxylation is 1. The van der Waals surface area contributed by atoms with Gasteiger partial charge >= 0.3 is 11.6 Å². The lowest BCUT2D eigenvalue weighted by Gasteiger charge is -2.09. The number of nitrogens with one attached hydrogen (secondary N) is 1. The standard InChI is InChI=1S/C22H21NO7/c1-3-27-16-6-4-15(5-7-16)23-20(24)12-29-22(26)13-28-17-8-9-18-14(2)10-21(25)30-19(18)11-17/h4-11H,3,12-13H2,1-2H3,(H,23,24). The van der Waals surface area contributed by atoms with Crippen molar-refractivity contribution in [1.29, 1.82) is 0 Å². The number of rotatable bonds is 8. The molecule has 1 amide bonds. The zero-order chi connectivity index (χ0) is 21.5. The number of ether oxygens (including phenoxy) is 3. The van der Waals surface area contributed by atoms with Crippen LogP contribution in [-0.4, -0.2) is 31.7 Å². The van der Waals surface area contributed by atoms with Gasteiger partial charge in [-0.3, -0.25) is 4.79 Å². The third kappa shape index (κ3) is 5.60. The van der Waals surface area contributed by atoms with E-state index in [1.54, 1.807) is 43.3 Å². The van der Waals surface area contributed by atoms with Crippen LogP contribution in [0.3, 0.4) is 0 Å². The number of hydrogen-bond acceptors (Lipinski definition) is 7. The van der Waals surface area contributed by atoms with Crippen molar-refractivity contribution in [2.75, 3.05) is 25.1 Å². The van der Waals surface area contributed by atoms with Gasteiger partial charge in [-0.25, -0.2) is 9.59 Å². The third-order valence-corrected chi connectivity index (χ3v) is 4.09. The first-order valence-corrected chi connectivity index (χ1v) is 9.30. The van der Waals surface area contributed by atoms with Crippen molar-refractivity contribution >= 4 is 28.5 Å². The second kappa shape index (κ2) is 9.60. The maximum atomic E-state index is 11.9. The van der Waals surface area contributed by atoms with Gasteiger partial charge in [-0.05, 0) is 55.8 Å². The van der Waals surface area contributed by atoms with Crippen LogP contribution in [-0.2, 0) is 14.3 Å². The molecule has 0 aliphatic heterocycles. The van der Waals surface area contributed by atoms with Crippen LogP contribution in [0.5, 0.6) is 11.5 Å². The molecule has 3 aromatic rings. The van der Waals surface area contributed by atoms with Gasteiger partial charge < -0.3 is 23.9 Å². The van der Waals surface area contributed by atoms with Crippen molar-refractivity contribution < 1.29 is 28.2 Å². The molecule has 1 N–H and O–H groups in total. The zero-order valence-corrected chi connectivity index (χ0v) is 16.6. The molecule has 3 rings (SSSR count). The normalized spacial score (nSPS) is 10.5. The molecule has 8 heteroatoms. The van der Waals surface area contributed by atoms with Crippen LogP contribution >= 0.6 is 0 Å². The molecule has 1 aromatic heterocycles. The van der Waals surface area contributed by atoms with Crippen LogP contribution in [0.4, 0.5) is 5.69 Å². The Hall–Kier alpha value is -3.81. The van der Waals surface area contributed by atoms with Crippen LogP contribution in [0.2, 0.25) is 0 Å². The number of anilines is 1. The molecule has 0 unspecified atom stereocenters. The molecule has 30 heavy (non-hydrogen) atoms. The maximum absolute atomic E-state index is 11.9. The average Bonchev–Trinajstić information content (AvgIpc) is 2.72. The van der Waals surface area contributed by atoms with E-state index in [0.717, 1.165) is 10.9 Å². The van der Waals surface area contributed by atoms with Crippen LogP contribution in [0.15, 0.2) is 57.7 Å². The fourth-order valence-electron chi connectivity index (χ4n) is 2.72. The lowest BCUT2D eigenvalue weighted by molar-refractivity contribution is -0.149. The summed E-state index contributed by atoms with van der Waals surface area (Å²) in [6.07, 6.45) is 0. The quantitative estimate of drug-likeness (QED) is 0.449. The SMILES string of the molecule is CCOc1ccc(NC(=O)COC(=O)COc2ccc3c(C)cc(=O)oc3c2)cc1. The fourth-order valence-corrected chi connectivity index (χ4v) is 2.72. The summed E-state index contributed by atoms with van der Waals surface area (Å²) in [5.74, 6) is -0.146. The van der Waals surface area contributed by atoms with E-state index in [-0.39, 0.29) is 0 Å². The predicted molar refractivity (Wildman–Crippen MR) is 110 cm³/mol. The van der Waals surface area contributed by atoms with Gasteiger partial charge in [0.15, 0.2) is 13.2 Å². The summed E-state index contributed by atoms with van der Waals surface area (Å²) < 4.78 is 20.7. The highest BCUT2D eigenvalue weighted by atomic mass is 16.6. The number of hydrogen-bond donors (Lipinski definition) is 1. The molecular formula is C22H21NO7. The van der Waals surface area contributed by atoms with E-state index in [1.165, 1.54) is 12.1 Å². The minimum absolute atomic E-state index is 0.340. The summed E-state index contributed by atoms with van der Waals surface area (Å²) in [4.78, 5) is 35.2. The van der Waals surface area contributed by atoms with Crippen molar-refractivity contribution in [2.24, 2.45) is 0 Å². The zero-order valence-electron chi connectivity index (χ0n) is 16.6. The Morgan fingerprint density at radius 1 is 0.967 bits per heavy atom. The van der Waals surface area contributed by atoms with E-state index < -0.39 is 30.7 Å². The van der Waals surface area contributed by atoms with Crippen molar-refractivity contribution in [3.63, 3.8) is 0 Å². The van der Waals surface area contributed by atoms with Crippen LogP contribution in [0, 0.1) is 6.92 Å². The highest BCUT2D eigenvalue weighted by Gasteiger charge is 2.10. The lowest BCUT2D eigenvalue weighted by Crippen LogP contribution is -2.23. The summed E-state index contributed by atoms with van der Waals surface area (Å²) in [6.45, 7) is 3.40. The van der Waals surface area contributed by atoms with Crippen molar-refractivity contribution in [3.05, 3.63) is 64.5 Å². The Morgan fingerprint density at radius 2 is 1.70 bits per heavy atom. The van der Waals surface area contributed by atoms with Crippen molar-refractivity contribution in [2.45, 2.75) is 13.8 Å².